The molecule has 0 bridgehead atoms. The zero-order valence-electron chi connectivity index (χ0n) is 90.3. The summed E-state index contributed by atoms with van der Waals surface area (Å²) in [5.74, 6) is 7.98. The quantitative estimate of drug-likeness (QED) is 0.0147. The molecule has 5 aliphatic heterocycles. The molecule has 9 saturated carbocycles. The number of methoxy groups -OCH3 is 1. The third-order valence-electron chi connectivity index (χ3n) is 35.6. The number of aliphatic imine (C=N–C) groups is 5. The molecular formula is C119H183FN20O7. The van der Waals surface area contributed by atoms with Crippen LogP contribution in [0.2, 0.25) is 0 Å². The number of hydrogen-bond donors (Lipinski definition) is 10. The van der Waals surface area contributed by atoms with Crippen LogP contribution in [0.4, 0.5) is 9.18 Å². The molecule has 11 atom stereocenters. The molecule has 808 valence electrons. The average molecular weight is 2020 g/mol. The van der Waals surface area contributed by atoms with Crippen LogP contribution < -0.4 is 55.3 Å². The topological polar surface area (TPSA) is 380 Å². The summed E-state index contributed by atoms with van der Waals surface area (Å²) in [5, 5.41) is 16.7. The molecule has 5 heterocycles. The van der Waals surface area contributed by atoms with E-state index in [1.165, 1.54) is 274 Å². The number of nitrogens with two attached hydrogens (primary N) is 5. The summed E-state index contributed by atoms with van der Waals surface area (Å²) in [4.78, 5) is 110. The Hall–Kier alpha value is -9.64. The molecule has 4 aromatic carbocycles. The minimum absolute atomic E-state index is 0.0925. The number of urea groups is 1. The molecule has 147 heavy (non-hydrogen) atoms. The number of benzene rings is 4. The fraction of sp³-hybridized carbons (Fsp3) is 0.689. The number of nitrogens with zero attached hydrogens (tertiary/aromatic N) is 10. The van der Waals surface area contributed by atoms with Gasteiger partial charge in [0.2, 0.25) is 0 Å². The van der Waals surface area contributed by atoms with E-state index in [4.69, 9.17) is 53.4 Å². The van der Waals surface area contributed by atoms with Crippen LogP contribution in [0, 0.1) is 59.1 Å². The number of likely N-dealkylation sites (N-methyl/N-ethyl adjacent to an activating group) is 4. The standard InChI is InChI=1S/C30H47N5O3.C23H40N4O.C22H18FN3O.C22H40N4O.C22H38N4O/c1-38-19-18-32-29(37)33-21-25-12-14-26(15-13-25)22-35-27(36)30(34-28(35)31,20-24-10-6-3-7-11-24)17-16-23-8-4-2-5-9-23;1-27-21(28)23(26-22(27)24,13-12-17-6-3-2-4-7-17)15-19-8-5-9-20(14-19)25-16-18-10-11-18;1-26-20(27)22(25-21(26)24,17-9-3-2-4-10-17)18-11-5-7-15(13-18)16-8-6-12-19(23)14-16;2*1-3-14-24-19-11-7-10-18(15-19)16-22(20(27)26(2)21(23)25-22)13-12-17-8-5-4-6-9-17/h12-15,23-24H,2-11,16-22H2,1H3,(H2,31,34)(H2,32,33,37);17-20,25H,2-16H2,1H3,(H2,24,26);2-14H,1H3,(H2,24,25);17-19,24H,3-16H2,1-2H3,(H2,23,25);3,17-19,24H,1,4-16H2,2H3,(H2,23,25)/t30-;19-,20+,23+;;2*18-,19+,22+/m10.00/s1. The molecule has 0 aromatic heterocycles. The first-order valence-electron chi connectivity index (χ1n) is 57.7. The van der Waals surface area contributed by atoms with Crippen molar-refractivity contribution in [2.75, 3.05) is 68.1 Å². The largest absolute Gasteiger partial charge is 0.383 e. The molecule has 27 nitrogen and oxygen atoms in total. The van der Waals surface area contributed by atoms with E-state index >= 15 is 0 Å². The van der Waals surface area contributed by atoms with Gasteiger partial charge in [0.25, 0.3) is 29.5 Å². The van der Waals surface area contributed by atoms with Gasteiger partial charge in [-0.15, -0.1) is 6.58 Å². The smallest absolute Gasteiger partial charge is 0.315 e. The summed E-state index contributed by atoms with van der Waals surface area (Å²) in [5.41, 5.74) is 32.0. The molecular weight excluding hydrogens is 1840 g/mol. The zero-order valence-corrected chi connectivity index (χ0v) is 90.3. The predicted molar refractivity (Wildman–Crippen MR) is 591 cm³/mol. The number of hydrogen-bond acceptors (Lipinski definition) is 20. The lowest BCUT2D eigenvalue weighted by molar-refractivity contribution is -0.133. The zero-order chi connectivity index (χ0) is 104. The number of carbonyl (C=O) groups is 6. The van der Waals surface area contributed by atoms with Crippen molar-refractivity contribution in [1.29, 1.82) is 0 Å². The van der Waals surface area contributed by atoms with Crippen LogP contribution >= 0.6 is 0 Å². The molecule has 18 rings (SSSR count). The number of ether oxygens (including phenoxy) is 1. The molecule has 15 N–H and O–H groups in total. The van der Waals surface area contributed by atoms with Crippen LogP contribution in [-0.2, 0) is 47.3 Å². The third-order valence-corrected chi connectivity index (χ3v) is 35.6. The summed E-state index contributed by atoms with van der Waals surface area (Å²) < 4.78 is 18.6. The Morgan fingerprint density at radius 1 is 0.401 bits per heavy atom. The van der Waals surface area contributed by atoms with Gasteiger partial charge in [0.15, 0.2) is 35.3 Å². The highest BCUT2D eigenvalue weighted by Gasteiger charge is 2.55. The van der Waals surface area contributed by atoms with Gasteiger partial charge in [-0.3, -0.25) is 48.5 Å². The monoisotopic (exact) mass is 2020 g/mol. The van der Waals surface area contributed by atoms with Gasteiger partial charge in [0.05, 0.1) is 13.2 Å². The van der Waals surface area contributed by atoms with E-state index in [-0.39, 0.29) is 47.3 Å². The number of amides is 7. The van der Waals surface area contributed by atoms with Crippen LogP contribution in [0.15, 0.2) is 141 Å². The highest BCUT2D eigenvalue weighted by molar-refractivity contribution is 6.10. The molecule has 28 heteroatoms. The Bertz CT molecular complexity index is 5060. The Morgan fingerprint density at radius 2 is 0.789 bits per heavy atom. The number of carbonyl (C=O) groups excluding carboxylic acids is 6. The molecule has 9 fully saturated rings. The van der Waals surface area contributed by atoms with E-state index in [0.717, 1.165) is 148 Å². The van der Waals surface area contributed by atoms with E-state index in [1.807, 2.05) is 91.0 Å². The van der Waals surface area contributed by atoms with Crippen molar-refractivity contribution in [2.24, 2.45) is 107 Å². The van der Waals surface area contributed by atoms with E-state index in [0.29, 0.717) is 103 Å². The molecule has 14 aliphatic rings. The van der Waals surface area contributed by atoms with Gasteiger partial charge in [0, 0.05) is 73.1 Å². The highest BCUT2D eigenvalue weighted by atomic mass is 19.1. The predicted octanol–water partition coefficient (Wildman–Crippen LogP) is 19.6. The maximum atomic E-state index is 14.0. The van der Waals surface area contributed by atoms with Gasteiger partial charge in [-0.25, -0.2) is 34.1 Å². The van der Waals surface area contributed by atoms with Crippen LogP contribution in [-0.4, -0.2) is 198 Å². The van der Waals surface area contributed by atoms with Crippen LogP contribution in [0.5, 0.6) is 0 Å². The van der Waals surface area contributed by atoms with Gasteiger partial charge in [-0.2, -0.15) is 0 Å². The summed E-state index contributed by atoms with van der Waals surface area (Å²) in [6, 6.07) is 32.7. The van der Waals surface area contributed by atoms with Crippen LogP contribution in [0.25, 0.3) is 11.1 Å². The fourth-order valence-corrected chi connectivity index (χ4v) is 26.8. The normalized spacial score (nSPS) is 28.1. The summed E-state index contributed by atoms with van der Waals surface area (Å²) in [6.07, 6.45) is 64.9. The van der Waals surface area contributed by atoms with Crippen LogP contribution in [0.3, 0.4) is 0 Å². The van der Waals surface area contributed by atoms with E-state index in [9.17, 15) is 33.2 Å². The van der Waals surface area contributed by atoms with E-state index in [1.54, 1.807) is 61.0 Å². The van der Waals surface area contributed by atoms with Gasteiger partial charge >= 0.3 is 6.03 Å². The Morgan fingerprint density at radius 3 is 1.20 bits per heavy atom. The summed E-state index contributed by atoms with van der Waals surface area (Å²) >= 11 is 0. The fourth-order valence-electron chi connectivity index (χ4n) is 26.8. The van der Waals surface area contributed by atoms with Crippen LogP contribution in [0.1, 0.15) is 363 Å². The van der Waals surface area contributed by atoms with E-state index < -0.39 is 27.7 Å². The second-order valence-electron chi connectivity index (χ2n) is 46.6. The first kappa shape index (κ1) is 113. The summed E-state index contributed by atoms with van der Waals surface area (Å²) in [7, 11) is 8.58. The molecule has 1 unspecified atom stereocenters. The van der Waals surface area contributed by atoms with E-state index in [2.05, 4.69) is 45.1 Å². The number of rotatable bonds is 39. The Kier molecular flexibility index (Phi) is 42.2. The lowest BCUT2D eigenvalue weighted by Crippen LogP contribution is -2.45. The van der Waals surface area contributed by atoms with Crippen molar-refractivity contribution >= 4 is 65.4 Å². The first-order valence-corrected chi connectivity index (χ1v) is 57.7. The van der Waals surface area contributed by atoms with Gasteiger partial charge < -0.3 is 60.0 Å². The van der Waals surface area contributed by atoms with Crippen molar-refractivity contribution in [3.63, 3.8) is 0 Å². The second-order valence-corrected chi connectivity index (χ2v) is 46.6. The molecule has 0 radical (unpaired) electrons. The number of nitrogens with one attached hydrogen (secondary N) is 5. The van der Waals surface area contributed by atoms with Gasteiger partial charge in [-0.05, 0) is 253 Å². The van der Waals surface area contributed by atoms with Crippen molar-refractivity contribution in [2.45, 2.75) is 400 Å². The Balaban J connectivity index is 0.000000146. The number of halogens is 1. The van der Waals surface area contributed by atoms with Crippen molar-refractivity contribution < 1.29 is 37.9 Å². The summed E-state index contributed by atoms with van der Waals surface area (Å²) in [6.45, 7) is 11.0. The molecule has 0 spiro atoms. The molecule has 9 aliphatic carbocycles. The molecule has 7 amide bonds. The first-order chi connectivity index (χ1) is 71.1. The van der Waals surface area contributed by atoms with Crippen molar-refractivity contribution in [3.8, 4) is 11.1 Å². The molecule has 0 saturated heterocycles. The minimum Gasteiger partial charge on any atom is -0.383 e. The second kappa shape index (κ2) is 54.9. The van der Waals surface area contributed by atoms with Gasteiger partial charge in [0.1, 0.15) is 28.0 Å². The minimum atomic E-state index is -1.25. The third kappa shape index (κ3) is 30.7. The lowest BCUT2D eigenvalue weighted by Gasteiger charge is -2.35. The lowest BCUT2D eigenvalue weighted by atomic mass is 9.74. The molecule has 4 aromatic rings. The van der Waals surface area contributed by atoms with Crippen molar-refractivity contribution in [3.05, 3.63) is 144 Å². The van der Waals surface area contributed by atoms with Crippen molar-refractivity contribution in [1.82, 2.24) is 51.1 Å². The maximum Gasteiger partial charge on any atom is 0.315 e. The maximum absolute atomic E-state index is 14.0. The SMILES string of the molecule is C=CCN[C@@H]1CCC[C@H](C[C@@]2(CCC3CCCCC3)N=C(N)N(C)C2=O)C1.CCCN[C@@H]1CCC[C@H](C[C@@]2(CCC3CCCCC3)N=C(N)N(C)C2=O)C1.CN1C(=O)C(c2ccccc2)(c2cccc(-c3cccc(F)c3)c2)N=C1N.CN1C(=O)[C@@](CCC2CCCCC2)(C[C@H]2CCC[C@@H](NCC3CC3)C2)N=C1N.COCCNC(=O)NCc1ccc(CN2C(=O)[C@@](CCC3CCCCC3)(CC3CCCCC3)N=C2N)cc1. The average Bonchev–Trinajstić information content (AvgIpc) is 1.59. The highest BCUT2D eigenvalue weighted by Crippen LogP contribution is 2.49. The van der Waals surface area contributed by atoms with Gasteiger partial charge in [-0.1, -0.05) is 297 Å². The Labute approximate surface area is 878 Å². The number of guanidine groups is 5.